The Kier molecular flexibility index (Phi) is 3.13. The molecule has 1 nitrogen and oxygen atoms in total. The predicted molar refractivity (Wildman–Crippen MR) is 48.2 cm³/mol. The van der Waals surface area contributed by atoms with Crippen molar-refractivity contribution in [2.24, 2.45) is 0 Å². The molecule has 0 aromatic heterocycles. The summed E-state index contributed by atoms with van der Waals surface area (Å²) in [5, 5.41) is 1.14. The number of piperidine rings is 1. The van der Waals surface area contributed by atoms with Gasteiger partial charge in [-0.25, -0.2) is 0 Å². The van der Waals surface area contributed by atoms with Crippen LogP contribution >= 0.6 is 12.6 Å². The van der Waals surface area contributed by atoms with Gasteiger partial charge in [-0.3, -0.25) is 0 Å². The van der Waals surface area contributed by atoms with Gasteiger partial charge in [-0.2, -0.15) is 0 Å². The molecule has 1 heterocycles. The van der Waals surface area contributed by atoms with E-state index in [2.05, 4.69) is 23.6 Å². The minimum atomic E-state index is 1.14. The van der Waals surface area contributed by atoms with Gasteiger partial charge in [0.15, 0.2) is 0 Å². The van der Waals surface area contributed by atoms with Crippen LogP contribution in [0.5, 0.6) is 0 Å². The highest BCUT2D eigenvalue weighted by atomic mass is 32.1. The summed E-state index contributed by atoms with van der Waals surface area (Å²) in [5.41, 5.74) is 0. The van der Waals surface area contributed by atoms with E-state index >= 15 is 0 Å². The third kappa shape index (κ3) is 1.94. The normalized spacial score (nSPS) is 21.4. The molecule has 0 N–H and O–H groups in total. The molecule has 58 valence electrons. The minimum Gasteiger partial charge on any atom is -0.367 e. The molecular formula is C8H15NS. The summed E-state index contributed by atoms with van der Waals surface area (Å²) in [6.45, 7) is 4.43. The van der Waals surface area contributed by atoms with Crippen LogP contribution in [0.3, 0.4) is 0 Å². The summed E-state index contributed by atoms with van der Waals surface area (Å²) in [6.07, 6.45) is 6.12. The van der Waals surface area contributed by atoms with Crippen LogP contribution in [0.2, 0.25) is 0 Å². The zero-order valence-corrected chi connectivity index (χ0v) is 7.40. The predicted octanol–water partition coefficient (Wildman–Crippen LogP) is 2.26. The van der Waals surface area contributed by atoms with Crippen molar-refractivity contribution in [2.45, 2.75) is 26.2 Å². The van der Waals surface area contributed by atoms with Crippen LogP contribution in [0.4, 0.5) is 0 Å². The van der Waals surface area contributed by atoms with Gasteiger partial charge in [-0.15, -0.1) is 12.6 Å². The lowest BCUT2D eigenvalue weighted by atomic mass is 10.1. The average molecular weight is 157 g/mol. The first kappa shape index (κ1) is 7.99. The Morgan fingerprint density at radius 3 is 2.40 bits per heavy atom. The number of hydrogen-bond donors (Lipinski definition) is 1. The zero-order valence-electron chi connectivity index (χ0n) is 6.51. The van der Waals surface area contributed by atoms with Crippen LogP contribution in [-0.4, -0.2) is 18.0 Å². The van der Waals surface area contributed by atoms with E-state index in [0.717, 1.165) is 5.03 Å². The molecule has 0 spiro atoms. The maximum Gasteiger partial charge on any atom is 0.0632 e. The Labute approximate surface area is 68.5 Å². The molecule has 0 amide bonds. The molecular weight excluding hydrogens is 142 g/mol. The molecule has 0 unspecified atom stereocenters. The monoisotopic (exact) mass is 157 g/mol. The highest BCUT2D eigenvalue weighted by Gasteiger charge is 2.08. The molecule has 0 bridgehead atoms. The lowest BCUT2D eigenvalue weighted by Gasteiger charge is -2.28. The van der Waals surface area contributed by atoms with Crippen LogP contribution in [0.25, 0.3) is 0 Å². The summed E-state index contributed by atoms with van der Waals surface area (Å²) in [4.78, 5) is 2.34. The van der Waals surface area contributed by atoms with Gasteiger partial charge in [0.2, 0.25) is 0 Å². The van der Waals surface area contributed by atoms with E-state index < -0.39 is 0 Å². The highest BCUT2D eigenvalue weighted by molar-refractivity contribution is 7.84. The number of rotatable bonds is 1. The summed E-state index contributed by atoms with van der Waals surface area (Å²) in [5.74, 6) is 0. The molecule has 0 aromatic carbocycles. The molecule has 0 saturated carbocycles. The minimum absolute atomic E-state index is 1.14. The quantitative estimate of drug-likeness (QED) is 0.571. The number of thiol groups is 1. The molecule has 1 fully saturated rings. The van der Waals surface area contributed by atoms with E-state index in [1.54, 1.807) is 0 Å². The Morgan fingerprint density at radius 2 is 1.90 bits per heavy atom. The zero-order chi connectivity index (χ0) is 7.40. The molecule has 0 atom stereocenters. The van der Waals surface area contributed by atoms with E-state index in [1.807, 2.05) is 6.92 Å². The fourth-order valence-electron chi connectivity index (χ4n) is 1.31. The molecule has 1 saturated heterocycles. The van der Waals surface area contributed by atoms with Crippen LogP contribution in [-0.2, 0) is 0 Å². The third-order valence-electron chi connectivity index (χ3n) is 1.94. The van der Waals surface area contributed by atoms with Gasteiger partial charge in [0.25, 0.3) is 0 Å². The molecule has 2 heteroatoms. The van der Waals surface area contributed by atoms with Crippen LogP contribution in [0.1, 0.15) is 26.2 Å². The van der Waals surface area contributed by atoms with Crippen molar-refractivity contribution in [2.75, 3.05) is 13.1 Å². The average Bonchev–Trinajstić information content (AvgIpc) is 2.05. The van der Waals surface area contributed by atoms with Crippen LogP contribution in [0.15, 0.2) is 11.1 Å². The summed E-state index contributed by atoms with van der Waals surface area (Å²) >= 11 is 4.36. The lowest BCUT2D eigenvalue weighted by Crippen LogP contribution is -2.26. The fraction of sp³-hybridized carbons (Fsp3) is 0.750. The van der Waals surface area contributed by atoms with Gasteiger partial charge < -0.3 is 4.90 Å². The van der Waals surface area contributed by atoms with Crippen molar-refractivity contribution in [3.63, 3.8) is 0 Å². The first-order valence-corrected chi connectivity index (χ1v) is 4.39. The summed E-state index contributed by atoms with van der Waals surface area (Å²) in [7, 11) is 0. The van der Waals surface area contributed by atoms with Crippen molar-refractivity contribution in [1.29, 1.82) is 0 Å². The summed E-state index contributed by atoms with van der Waals surface area (Å²) < 4.78 is 0. The Balaban J connectivity index is 2.39. The fourth-order valence-corrected chi connectivity index (χ4v) is 1.51. The SMILES string of the molecule is C/C=C(\S)N1CCCCC1. The molecule has 0 radical (unpaired) electrons. The largest absolute Gasteiger partial charge is 0.367 e. The van der Waals surface area contributed by atoms with Crippen molar-refractivity contribution in [3.8, 4) is 0 Å². The van der Waals surface area contributed by atoms with E-state index in [9.17, 15) is 0 Å². The molecule has 0 aromatic rings. The van der Waals surface area contributed by atoms with E-state index in [1.165, 1.54) is 32.4 Å². The smallest absolute Gasteiger partial charge is 0.0632 e. The topological polar surface area (TPSA) is 3.24 Å². The molecule has 10 heavy (non-hydrogen) atoms. The standard InChI is InChI=1S/C8H15NS/c1-2-8(10)9-6-4-3-5-7-9/h2,10H,3-7H2,1H3/b8-2-. The lowest BCUT2D eigenvalue weighted by molar-refractivity contribution is 0.303. The maximum atomic E-state index is 4.36. The van der Waals surface area contributed by atoms with Crippen molar-refractivity contribution >= 4 is 12.6 Å². The van der Waals surface area contributed by atoms with Crippen molar-refractivity contribution < 1.29 is 0 Å². The first-order chi connectivity index (χ1) is 4.84. The second kappa shape index (κ2) is 3.91. The van der Waals surface area contributed by atoms with Gasteiger partial charge in [-0.1, -0.05) is 6.08 Å². The number of likely N-dealkylation sites (tertiary alicyclic amines) is 1. The Morgan fingerprint density at radius 1 is 1.30 bits per heavy atom. The van der Waals surface area contributed by atoms with E-state index in [-0.39, 0.29) is 0 Å². The first-order valence-electron chi connectivity index (χ1n) is 3.95. The van der Waals surface area contributed by atoms with Gasteiger partial charge in [0.05, 0.1) is 5.03 Å². The van der Waals surface area contributed by atoms with Gasteiger partial charge in [-0.05, 0) is 26.2 Å². The Hall–Kier alpha value is -0.110. The second-order valence-electron chi connectivity index (χ2n) is 2.69. The van der Waals surface area contributed by atoms with Crippen molar-refractivity contribution in [3.05, 3.63) is 11.1 Å². The van der Waals surface area contributed by atoms with Crippen LogP contribution < -0.4 is 0 Å². The number of allylic oxidation sites excluding steroid dienone is 1. The third-order valence-corrected chi connectivity index (χ3v) is 2.48. The maximum absolute atomic E-state index is 4.36. The number of hydrogen-bond acceptors (Lipinski definition) is 2. The molecule has 1 aliphatic rings. The van der Waals surface area contributed by atoms with Gasteiger partial charge in [0, 0.05) is 13.1 Å². The number of nitrogens with zero attached hydrogens (tertiary/aromatic N) is 1. The Bertz CT molecular complexity index is 125. The van der Waals surface area contributed by atoms with Gasteiger partial charge >= 0.3 is 0 Å². The van der Waals surface area contributed by atoms with E-state index in [0.29, 0.717) is 0 Å². The summed E-state index contributed by atoms with van der Waals surface area (Å²) in [6, 6.07) is 0. The highest BCUT2D eigenvalue weighted by Crippen LogP contribution is 2.16. The van der Waals surface area contributed by atoms with E-state index in [4.69, 9.17) is 0 Å². The second-order valence-corrected chi connectivity index (χ2v) is 3.15. The van der Waals surface area contributed by atoms with Crippen molar-refractivity contribution in [1.82, 2.24) is 4.90 Å². The van der Waals surface area contributed by atoms with Crippen LogP contribution in [0, 0.1) is 0 Å². The molecule has 1 aliphatic heterocycles. The van der Waals surface area contributed by atoms with Gasteiger partial charge in [0.1, 0.15) is 0 Å². The molecule has 1 rings (SSSR count). The molecule has 0 aliphatic carbocycles.